The minimum absolute atomic E-state index is 0.258. The van der Waals surface area contributed by atoms with E-state index < -0.39 is 12.0 Å². The van der Waals surface area contributed by atoms with E-state index in [0.717, 1.165) is 25.7 Å². The van der Waals surface area contributed by atoms with E-state index in [-0.39, 0.29) is 12.1 Å². The number of carbonyl (C=O) groups excluding carboxylic acids is 1. The van der Waals surface area contributed by atoms with E-state index in [1.54, 1.807) is 12.0 Å². The molecule has 0 spiro atoms. The molecule has 0 saturated heterocycles. The Kier molecular flexibility index (Phi) is 7.36. The van der Waals surface area contributed by atoms with Gasteiger partial charge in [-0.25, -0.2) is 9.59 Å². The molecule has 1 saturated carbocycles. The Morgan fingerprint density at radius 2 is 2.05 bits per heavy atom. The average Bonchev–Trinajstić information content (AvgIpc) is 2.92. The highest BCUT2D eigenvalue weighted by Crippen LogP contribution is 2.23. The van der Waals surface area contributed by atoms with Crippen LogP contribution in [-0.4, -0.2) is 54.4 Å². The minimum Gasteiger partial charge on any atom is -0.480 e. The number of carbonyl (C=O) groups is 2. The second-order valence-corrected chi connectivity index (χ2v) is 5.20. The van der Waals surface area contributed by atoms with Crippen LogP contribution in [0.2, 0.25) is 0 Å². The van der Waals surface area contributed by atoms with E-state index >= 15 is 0 Å². The molecular weight excluding hydrogens is 260 g/mol. The van der Waals surface area contributed by atoms with Crippen molar-refractivity contribution in [2.24, 2.45) is 0 Å². The minimum atomic E-state index is -0.989. The fourth-order valence-electron chi connectivity index (χ4n) is 2.70. The van der Waals surface area contributed by atoms with Gasteiger partial charge in [0.2, 0.25) is 0 Å². The summed E-state index contributed by atoms with van der Waals surface area (Å²) in [6.45, 7) is 3.04. The van der Waals surface area contributed by atoms with Crippen LogP contribution in [0.3, 0.4) is 0 Å². The van der Waals surface area contributed by atoms with Gasteiger partial charge in [0, 0.05) is 26.3 Å². The third-order valence-corrected chi connectivity index (χ3v) is 3.80. The van der Waals surface area contributed by atoms with Gasteiger partial charge < -0.3 is 20.1 Å². The maximum atomic E-state index is 12.2. The van der Waals surface area contributed by atoms with E-state index in [2.05, 4.69) is 5.32 Å². The molecule has 0 radical (unpaired) electrons. The van der Waals surface area contributed by atoms with Gasteiger partial charge in [0.15, 0.2) is 0 Å². The van der Waals surface area contributed by atoms with Crippen LogP contribution in [0.5, 0.6) is 0 Å². The topological polar surface area (TPSA) is 78.9 Å². The molecule has 20 heavy (non-hydrogen) atoms. The lowest BCUT2D eigenvalue weighted by atomic mass is 10.1. The second-order valence-electron chi connectivity index (χ2n) is 5.20. The maximum Gasteiger partial charge on any atom is 0.326 e. The number of carboxylic acid groups (broad SMARTS) is 1. The first-order valence-corrected chi connectivity index (χ1v) is 7.39. The summed E-state index contributed by atoms with van der Waals surface area (Å²) in [6.07, 6.45) is 5.32. The van der Waals surface area contributed by atoms with Crippen molar-refractivity contribution < 1.29 is 19.4 Å². The molecule has 1 unspecified atom stereocenters. The van der Waals surface area contributed by atoms with Crippen molar-refractivity contribution in [1.82, 2.24) is 10.2 Å². The largest absolute Gasteiger partial charge is 0.480 e. The molecule has 0 aromatic carbocycles. The number of ether oxygens (including phenoxy) is 1. The predicted molar refractivity (Wildman–Crippen MR) is 75.7 cm³/mol. The van der Waals surface area contributed by atoms with Gasteiger partial charge in [0.05, 0.1) is 0 Å². The molecule has 1 atom stereocenters. The van der Waals surface area contributed by atoms with Gasteiger partial charge >= 0.3 is 12.0 Å². The molecule has 0 bridgehead atoms. The number of hydrogen-bond acceptors (Lipinski definition) is 3. The molecule has 1 aliphatic carbocycles. The van der Waals surface area contributed by atoms with E-state index in [1.165, 1.54) is 0 Å². The zero-order valence-electron chi connectivity index (χ0n) is 12.4. The molecule has 1 fully saturated rings. The SMILES string of the molecule is CCN(C(=O)NC(CCCOC)C(=O)O)C1CCCC1. The summed E-state index contributed by atoms with van der Waals surface area (Å²) in [5.74, 6) is -0.989. The van der Waals surface area contributed by atoms with Crippen LogP contribution in [0.4, 0.5) is 4.79 Å². The van der Waals surface area contributed by atoms with Gasteiger partial charge in [-0.05, 0) is 32.6 Å². The van der Waals surface area contributed by atoms with Crippen molar-refractivity contribution in [2.75, 3.05) is 20.3 Å². The molecular formula is C14H26N2O4. The van der Waals surface area contributed by atoms with Crippen LogP contribution in [0.15, 0.2) is 0 Å². The van der Waals surface area contributed by atoms with Gasteiger partial charge in [-0.3, -0.25) is 0 Å². The summed E-state index contributed by atoms with van der Waals surface area (Å²) in [5.41, 5.74) is 0. The molecule has 1 rings (SSSR count). The van der Waals surface area contributed by atoms with Crippen LogP contribution >= 0.6 is 0 Å². The number of methoxy groups -OCH3 is 1. The predicted octanol–water partition coefficient (Wildman–Crippen LogP) is 1.84. The van der Waals surface area contributed by atoms with Crippen LogP contribution in [-0.2, 0) is 9.53 Å². The Morgan fingerprint density at radius 1 is 1.40 bits per heavy atom. The molecule has 116 valence electrons. The van der Waals surface area contributed by atoms with Crippen LogP contribution < -0.4 is 5.32 Å². The lowest BCUT2D eigenvalue weighted by molar-refractivity contribution is -0.139. The first-order valence-electron chi connectivity index (χ1n) is 7.39. The molecule has 0 aromatic heterocycles. The van der Waals surface area contributed by atoms with Crippen molar-refractivity contribution >= 4 is 12.0 Å². The zero-order valence-corrected chi connectivity index (χ0v) is 12.4. The van der Waals surface area contributed by atoms with Crippen molar-refractivity contribution in [2.45, 2.75) is 57.5 Å². The molecule has 0 heterocycles. The Morgan fingerprint density at radius 3 is 2.55 bits per heavy atom. The summed E-state index contributed by atoms with van der Waals surface area (Å²) in [7, 11) is 1.58. The van der Waals surface area contributed by atoms with Crippen LogP contribution in [0.1, 0.15) is 45.4 Å². The van der Waals surface area contributed by atoms with Crippen molar-refractivity contribution in [3.8, 4) is 0 Å². The number of amides is 2. The van der Waals surface area contributed by atoms with Gasteiger partial charge in [-0.2, -0.15) is 0 Å². The maximum absolute atomic E-state index is 12.2. The van der Waals surface area contributed by atoms with Crippen molar-refractivity contribution in [1.29, 1.82) is 0 Å². The monoisotopic (exact) mass is 286 g/mol. The van der Waals surface area contributed by atoms with Gasteiger partial charge in [-0.1, -0.05) is 12.8 Å². The number of rotatable bonds is 8. The van der Waals surface area contributed by atoms with E-state index in [0.29, 0.717) is 26.0 Å². The summed E-state index contributed by atoms with van der Waals surface area (Å²) in [4.78, 5) is 25.2. The first kappa shape index (κ1) is 16.8. The third kappa shape index (κ3) is 5.00. The number of hydrogen-bond donors (Lipinski definition) is 2. The fourth-order valence-corrected chi connectivity index (χ4v) is 2.70. The van der Waals surface area contributed by atoms with Crippen molar-refractivity contribution in [3.05, 3.63) is 0 Å². The normalized spacial score (nSPS) is 16.9. The molecule has 1 aliphatic rings. The number of nitrogens with one attached hydrogen (secondary N) is 1. The second kappa shape index (κ2) is 8.79. The fraction of sp³-hybridized carbons (Fsp3) is 0.857. The molecule has 0 aromatic rings. The highest BCUT2D eigenvalue weighted by molar-refractivity contribution is 5.82. The van der Waals surface area contributed by atoms with Gasteiger partial charge in [0.25, 0.3) is 0 Å². The van der Waals surface area contributed by atoms with Gasteiger partial charge in [-0.15, -0.1) is 0 Å². The van der Waals surface area contributed by atoms with Gasteiger partial charge in [0.1, 0.15) is 6.04 Å². The summed E-state index contributed by atoms with van der Waals surface area (Å²) in [6, 6.07) is -0.842. The number of carboxylic acids is 1. The van der Waals surface area contributed by atoms with E-state index in [1.807, 2.05) is 6.92 Å². The lowest BCUT2D eigenvalue weighted by Crippen LogP contribution is -2.50. The Bertz CT molecular complexity index is 316. The highest BCUT2D eigenvalue weighted by atomic mass is 16.5. The third-order valence-electron chi connectivity index (χ3n) is 3.80. The Labute approximate surface area is 120 Å². The molecule has 2 amide bonds. The Hall–Kier alpha value is -1.30. The first-order chi connectivity index (χ1) is 9.60. The average molecular weight is 286 g/mol. The quantitative estimate of drug-likeness (QED) is 0.667. The van der Waals surface area contributed by atoms with E-state index in [4.69, 9.17) is 9.84 Å². The van der Waals surface area contributed by atoms with Crippen LogP contribution in [0, 0.1) is 0 Å². The van der Waals surface area contributed by atoms with E-state index in [9.17, 15) is 9.59 Å². The lowest BCUT2D eigenvalue weighted by Gasteiger charge is -2.29. The van der Waals surface area contributed by atoms with Crippen molar-refractivity contribution in [3.63, 3.8) is 0 Å². The highest BCUT2D eigenvalue weighted by Gasteiger charge is 2.28. The molecule has 6 heteroatoms. The Balaban J connectivity index is 2.52. The number of urea groups is 1. The zero-order chi connectivity index (χ0) is 15.0. The molecule has 0 aliphatic heterocycles. The standard InChI is InChI=1S/C14H26N2O4/c1-3-16(11-7-4-5-8-11)14(19)15-12(13(17)18)9-6-10-20-2/h11-12H,3-10H2,1-2H3,(H,15,19)(H,17,18). The smallest absolute Gasteiger partial charge is 0.326 e. The summed E-state index contributed by atoms with van der Waals surface area (Å²) in [5, 5.41) is 11.8. The molecule has 2 N–H and O–H groups in total. The van der Waals surface area contributed by atoms with Crippen LogP contribution in [0.25, 0.3) is 0 Å². The number of aliphatic carboxylic acids is 1. The summed E-state index contributed by atoms with van der Waals surface area (Å²) >= 11 is 0. The summed E-state index contributed by atoms with van der Waals surface area (Å²) < 4.78 is 4.91. The molecule has 6 nitrogen and oxygen atoms in total. The number of nitrogens with zero attached hydrogens (tertiary/aromatic N) is 1.